The summed E-state index contributed by atoms with van der Waals surface area (Å²) in [6.07, 6.45) is 48.0. The van der Waals surface area contributed by atoms with Crippen molar-refractivity contribution >= 4 is 17.9 Å². The molecule has 0 saturated heterocycles. The second-order valence-corrected chi connectivity index (χ2v) is 15.6. The van der Waals surface area contributed by atoms with Gasteiger partial charge >= 0.3 is 17.9 Å². The van der Waals surface area contributed by atoms with Crippen molar-refractivity contribution in [2.75, 3.05) is 41.0 Å². The van der Waals surface area contributed by atoms with Gasteiger partial charge in [0.2, 0.25) is 0 Å². The van der Waals surface area contributed by atoms with Gasteiger partial charge in [-0.25, -0.2) is 4.79 Å². The monoisotopic (exact) mass is 785 g/mol. The Hall–Kier alpha value is -3.23. The fourth-order valence-electron chi connectivity index (χ4n) is 5.93. The number of esters is 2. The number of carboxylic acids is 1. The molecule has 320 valence electrons. The first kappa shape index (κ1) is 52.8. The molecule has 8 nitrogen and oxygen atoms in total. The third-order valence-electron chi connectivity index (χ3n) is 9.34. The molecular weight excluding hydrogens is 703 g/mol. The Kier molecular flexibility index (Phi) is 36.4. The normalized spacial score (nSPS) is 13.7. The van der Waals surface area contributed by atoms with E-state index in [1.807, 2.05) is 21.1 Å². The Morgan fingerprint density at radius 1 is 0.554 bits per heavy atom. The largest absolute Gasteiger partial charge is 0.477 e. The third-order valence-corrected chi connectivity index (χ3v) is 9.34. The van der Waals surface area contributed by atoms with Crippen LogP contribution in [-0.4, -0.2) is 80.6 Å². The molecule has 0 heterocycles. The fourth-order valence-corrected chi connectivity index (χ4v) is 5.93. The summed E-state index contributed by atoms with van der Waals surface area (Å²) in [5.74, 6) is -1.53. The molecule has 0 bridgehead atoms. The minimum Gasteiger partial charge on any atom is -0.477 e. The molecule has 2 unspecified atom stereocenters. The number of unbranched alkanes of at least 4 members (excludes halogenated alkanes) is 12. The predicted octanol–water partition coefficient (Wildman–Crippen LogP) is 12.0. The van der Waals surface area contributed by atoms with Crippen LogP contribution in [-0.2, 0) is 28.6 Å². The number of likely N-dealkylation sites (N-methyl/N-ethyl adjacent to an activating group) is 1. The highest BCUT2D eigenvalue weighted by atomic mass is 16.6. The molecule has 0 aromatic heterocycles. The van der Waals surface area contributed by atoms with Gasteiger partial charge in [-0.15, -0.1) is 0 Å². The molecule has 0 aliphatic rings. The Bertz CT molecular complexity index is 1140. The molecule has 2 atom stereocenters. The molecule has 8 heteroatoms. The maximum absolute atomic E-state index is 12.7. The summed E-state index contributed by atoms with van der Waals surface area (Å²) in [7, 11) is 5.50. The number of carbonyl (C=O) groups is 3. The van der Waals surface area contributed by atoms with Crippen LogP contribution in [0.2, 0.25) is 0 Å². The van der Waals surface area contributed by atoms with Gasteiger partial charge in [0.15, 0.2) is 12.1 Å². The molecule has 0 rings (SSSR count). The fraction of sp³-hybridized carbons (Fsp3) is 0.688. The van der Waals surface area contributed by atoms with Gasteiger partial charge in [0.25, 0.3) is 0 Å². The molecule has 0 aromatic rings. The number of quaternary nitrogens is 1. The summed E-state index contributed by atoms with van der Waals surface area (Å²) < 4.78 is 17.2. The number of nitrogens with zero attached hydrogens (tertiary/aromatic N) is 1. The Balaban J connectivity index is 4.41. The maximum Gasteiger partial charge on any atom is 0.362 e. The smallest absolute Gasteiger partial charge is 0.362 e. The SMILES string of the molecule is CC/C=C\C/C=C\C/C=C\CCCCCC(=O)OCC(COCCC(C(=O)O)[N+](C)(C)C)OC(=O)CCCCCCCC/C=C\C/C=C\C/C=C\CCCCC. The summed E-state index contributed by atoms with van der Waals surface area (Å²) in [6, 6.07) is -0.625. The van der Waals surface area contributed by atoms with E-state index < -0.39 is 18.1 Å². The number of carboxylic acid groups (broad SMARTS) is 1. The summed E-state index contributed by atoms with van der Waals surface area (Å²) in [6.45, 7) is 4.53. The third kappa shape index (κ3) is 36.4. The average Bonchev–Trinajstić information content (AvgIpc) is 3.15. The van der Waals surface area contributed by atoms with Crippen LogP contribution in [0, 0.1) is 0 Å². The lowest BCUT2D eigenvalue weighted by Crippen LogP contribution is -2.50. The van der Waals surface area contributed by atoms with Crippen LogP contribution in [0.15, 0.2) is 72.9 Å². The first-order valence-corrected chi connectivity index (χ1v) is 22.0. The minimum atomic E-state index is -0.885. The van der Waals surface area contributed by atoms with Gasteiger partial charge in [-0.05, 0) is 83.5 Å². The van der Waals surface area contributed by atoms with E-state index >= 15 is 0 Å². The van der Waals surface area contributed by atoms with E-state index in [0.717, 1.165) is 89.9 Å². The number of allylic oxidation sites excluding steroid dienone is 12. The first-order valence-electron chi connectivity index (χ1n) is 22.0. The van der Waals surface area contributed by atoms with E-state index in [9.17, 15) is 19.5 Å². The zero-order valence-electron chi connectivity index (χ0n) is 36.3. The quantitative estimate of drug-likeness (QED) is 0.0288. The lowest BCUT2D eigenvalue weighted by atomic mass is 10.1. The van der Waals surface area contributed by atoms with Crippen LogP contribution in [0.3, 0.4) is 0 Å². The van der Waals surface area contributed by atoms with Crippen LogP contribution in [0.4, 0.5) is 0 Å². The Morgan fingerprint density at radius 2 is 1.00 bits per heavy atom. The summed E-state index contributed by atoms with van der Waals surface area (Å²) >= 11 is 0. The molecule has 1 N–H and O–H groups in total. The standard InChI is InChI=1S/C48H81NO7/c1-6-8-10-12-14-16-18-20-21-22-23-24-25-27-29-31-33-35-37-39-47(51)56-44(42-54-41-40-45(48(52)53)49(3,4)5)43-55-46(50)38-36-34-32-30-28-26-19-17-15-13-11-9-7-2/h9,11,14-17,20-21,23-24,26,28,44-45H,6-8,10,12-13,18-19,22,25,27,29-43H2,1-5H3/p+1/b11-9-,16-14-,17-15-,21-20-,24-23-,28-26-. The van der Waals surface area contributed by atoms with E-state index in [-0.39, 0.29) is 36.2 Å². The highest BCUT2D eigenvalue weighted by molar-refractivity contribution is 5.72. The van der Waals surface area contributed by atoms with Gasteiger partial charge in [-0.1, -0.05) is 132 Å². The molecule has 0 aromatic carbocycles. The van der Waals surface area contributed by atoms with Gasteiger partial charge in [-0.2, -0.15) is 0 Å². The van der Waals surface area contributed by atoms with Crippen molar-refractivity contribution < 1.29 is 38.2 Å². The average molecular weight is 785 g/mol. The molecule has 0 saturated carbocycles. The zero-order chi connectivity index (χ0) is 41.4. The molecule has 0 amide bonds. The number of rotatable bonds is 38. The maximum atomic E-state index is 12.7. The first-order chi connectivity index (χ1) is 27.1. The van der Waals surface area contributed by atoms with Crippen molar-refractivity contribution in [3.63, 3.8) is 0 Å². The Labute approximate surface area is 342 Å². The van der Waals surface area contributed by atoms with Crippen molar-refractivity contribution in [3.05, 3.63) is 72.9 Å². The lowest BCUT2D eigenvalue weighted by molar-refractivity contribution is -0.887. The van der Waals surface area contributed by atoms with Gasteiger partial charge in [0, 0.05) is 19.3 Å². The summed E-state index contributed by atoms with van der Waals surface area (Å²) in [5, 5.41) is 9.61. The van der Waals surface area contributed by atoms with E-state index in [1.165, 1.54) is 38.5 Å². The van der Waals surface area contributed by atoms with Crippen molar-refractivity contribution in [2.24, 2.45) is 0 Å². The molecule has 56 heavy (non-hydrogen) atoms. The minimum absolute atomic E-state index is 0.0424. The van der Waals surface area contributed by atoms with Crippen LogP contribution in [0.1, 0.15) is 162 Å². The summed E-state index contributed by atoms with van der Waals surface area (Å²) in [5.41, 5.74) is 0. The van der Waals surface area contributed by atoms with Crippen molar-refractivity contribution in [1.82, 2.24) is 0 Å². The number of carbonyl (C=O) groups excluding carboxylic acids is 2. The molecule has 0 radical (unpaired) electrons. The van der Waals surface area contributed by atoms with Crippen LogP contribution in [0.25, 0.3) is 0 Å². The number of hydrogen-bond donors (Lipinski definition) is 1. The van der Waals surface area contributed by atoms with Crippen LogP contribution >= 0.6 is 0 Å². The van der Waals surface area contributed by atoms with Gasteiger partial charge < -0.3 is 23.8 Å². The predicted molar refractivity (Wildman–Crippen MR) is 233 cm³/mol. The van der Waals surface area contributed by atoms with E-state index in [2.05, 4.69) is 86.8 Å². The molecule has 0 fully saturated rings. The molecule has 0 spiro atoms. The van der Waals surface area contributed by atoms with Crippen molar-refractivity contribution in [2.45, 2.75) is 174 Å². The lowest BCUT2D eigenvalue weighted by Gasteiger charge is -2.31. The second kappa shape index (κ2) is 38.6. The highest BCUT2D eigenvalue weighted by Gasteiger charge is 2.31. The van der Waals surface area contributed by atoms with Gasteiger partial charge in [0.05, 0.1) is 34.4 Å². The topological polar surface area (TPSA) is 99.1 Å². The van der Waals surface area contributed by atoms with E-state index in [0.29, 0.717) is 19.3 Å². The van der Waals surface area contributed by atoms with Crippen LogP contribution < -0.4 is 0 Å². The van der Waals surface area contributed by atoms with E-state index in [4.69, 9.17) is 14.2 Å². The number of hydrogen-bond acceptors (Lipinski definition) is 6. The second-order valence-electron chi connectivity index (χ2n) is 15.6. The molecule has 0 aliphatic carbocycles. The van der Waals surface area contributed by atoms with Crippen LogP contribution in [0.5, 0.6) is 0 Å². The molecule has 0 aliphatic heterocycles. The van der Waals surface area contributed by atoms with E-state index in [1.54, 1.807) is 0 Å². The highest BCUT2D eigenvalue weighted by Crippen LogP contribution is 2.13. The number of aliphatic carboxylic acids is 1. The Morgan fingerprint density at radius 3 is 1.50 bits per heavy atom. The van der Waals surface area contributed by atoms with Crippen molar-refractivity contribution in [3.8, 4) is 0 Å². The number of ether oxygens (including phenoxy) is 3. The van der Waals surface area contributed by atoms with Gasteiger partial charge in [-0.3, -0.25) is 9.59 Å². The molecular formula is C48H82NO7+. The van der Waals surface area contributed by atoms with Crippen molar-refractivity contribution in [1.29, 1.82) is 0 Å². The summed E-state index contributed by atoms with van der Waals surface area (Å²) in [4.78, 5) is 36.9. The van der Waals surface area contributed by atoms with Gasteiger partial charge in [0.1, 0.15) is 6.61 Å². The zero-order valence-corrected chi connectivity index (χ0v) is 36.3.